The SMILES string of the molecule is COc1ccc(CC(=O)N(Cc2nc(-c3ccccc3)no2)C2CCCCC2)cc1. The van der Waals surface area contributed by atoms with Gasteiger partial charge in [0.15, 0.2) is 0 Å². The minimum Gasteiger partial charge on any atom is -0.497 e. The van der Waals surface area contributed by atoms with Gasteiger partial charge in [0.05, 0.1) is 13.5 Å². The first-order valence-corrected chi connectivity index (χ1v) is 10.5. The predicted octanol–water partition coefficient (Wildman–Crippen LogP) is 4.65. The van der Waals surface area contributed by atoms with Gasteiger partial charge < -0.3 is 14.2 Å². The van der Waals surface area contributed by atoms with Crippen molar-refractivity contribution in [2.75, 3.05) is 7.11 Å². The summed E-state index contributed by atoms with van der Waals surface area (Å²) in [4.78, 5) is 19.7. The molecule has 1 saturated carbocycles. The summed E-state index contributed by atoms with van der Waals surface area (Å²) in [5.74, 6) is 1.90. The van der Waals surface area contributed by atoms with Crippen molar-refractivity contribution in [2.24, 2.45) is 0 Å². The van der Waals surface area contributed by atoms with E-state index in [1.807, 2.05) is 59.5 Å². The van der Waals surface area contributed by atoms with Crippen molar-refractivity contribution in [1.82, 2.24) is 15.0 Å². The molecule has 1 aliphatic rings. The molecule has 1 aromatic heterocycles. The van der Waals surface area contributed by atoms with Gasteiger partial charge in [0.25, 0.3) is 0 Å². The monoisotopic (exact) mass is 405 g/mol. The zero-order valence-corrected chi connectivity index (χ0v) is 17.3. The second-order valence-electron chi connectivity index (χ2n) is 7.72. The standard InChI is InChI=1S/C24H27N3O3/c1-29-21-14-12-18(13-15-21)16-23(28)27(20-10-6-3-7-11-20)17-22-25-24(26-30-22)19-8-4-2-5-9-19/h2,4-5,8-9,12-15,20H,3,6-7,10-11,16-17H2,1H3. The summed E-state index contributed by atoms with van der Waals surface area (Å²) in [6.45, 7) is 0.347. The molecule has 2 aromatic carbocycles. The molecule has 3 aromatic rings. The van der Waals surface area contributed by atoms with Crippen LogP contribution in [0.2, 0.25) is 0 Å². The topological polar surface area (TPSA) is 68.5 Å². The van der Waals surface area contributed by atoms with E-state index in [9.17, 15) is 4.79 Å². The van der Waals surface area contributed by atoms with Crippen LogP contribution in [0.3, 0.4) is 0 Å². The Kier molecular flexibility index (Phi) is 6.42. The van der Waals surface area contributed by atoms with Crippen LogP contribution in [0.15, 0.2) is 59.1 Å². The number of hydrogen-bond acceptors (Lipinski definition) is 5. The van der Waals surface area contributed by atoms with Crippen LogP contribution in [-0.2, 0) is 17.8 Å². The maximum Gasteiger partial charge on any atom is 0.246 e. The Balaban J connectivity index is 1.50. The summed E-state index contributed by atoms with van der Waals surface area (Å²) in [5.41, 5.74) is 1.87. The average Bonchev–Trinajstić information content (AvgIpc) is 3.28. The number of nitrogens with zero attached hydrogens (tertiary/aromatic N) is 3. The number of carbonyl (C=O) groups excluding carboxylic acids is 1. The van der Waals surface area contributed by atoms with E-state index in [1.165, 1.54) is 6.42 Å². The molecule has 0 radical (unpaired) electrons. The lowest BCUT2D eigenvalue weighted by molar-refractivity contribution is -0.134. The van der Waals surface area contributed by atoms with Gasteiger partial charge in [0, 0.05) is 11.6 Å². The summed E-state index contributed by atoms with van der Waals surface area (Å²) in [6.07, 6.45) is 5.92. The van der Waals surface area contributed by atoms with Crippen molar-refractivity contribution in [3.63, 3.8) is 0 Å². The van der Waals surface area contributed by atoms with Crippen LogP contribution in [0.5, 0.6) is 5.75 Å². The van der Waals surface area contributed by atoms with Crippen LogP contribution in [-0.4, -0.2) is 34.1 Å². The fourth-order valence-electron chi connectivity index (χ4n) is 4.00. The molecule has 1 heterocycles. The van der Waals surface area contributed by atoms with Gasteiger partial charge in [-0.2, -0.15) is 4.98 Å². The minimum atomic E-state index is 0.0894. The highest BCUT2D eigenvalue weighted by Crippen LogP contribution is 2.25. The molecule has 6 nitrogen and oxygen atoms in total. The van der Waals surface area contributed by atoms with E-state index in [0.717, 1.165) is 42.6 Å². The van der Waals surface area contributed by atoms with E-state index in [-0.39, 0.29) is 11.9 Å². The minimum absolute atomic E-state index is 0.0894. The van der Waals surface area contributed by atoms with Crippen LogP contribution >= 0.6 is 0 Å². The smallest absolute Gasteiger partial charge is 0.246 e. The van der Waals surface area contributed by atoms with Crippen LogP contribution < -0.4 is 4.74 Å². The van der Waals surface area contributed by atoms with Crippen molar-refractivity contribution in [3.05, 3.63) is 66.1 Å². The third kappa shape index (κ3) is 4.87. The molecule has 0 atom stereocenters. The second kappa shape index (κ2) is 9.57. The number of methoxy groups -OCH3 is 1. The van der Waals surface area contributed by atoms with Gasteiger partial charge in [-0.1, -0.05) is 66.9 Å². The molecule has 0 spiro atoms. The van der Waals surface area contributed by atoms with Crippen molar-refractivity contribution in [3.8, 4) is 17.1 Å². The van der Waals surface area contributed by atoms with Crippen LogP contribution in [0, 0.1) is 0 Å². The maximum absolute atomic E-state index is 13.3. The van der Waals surface area contributed by atoms with Gasteiger partial charge in [-0.25, -0.2) is 0 Å². The highest BCUT2D eigenvalue weighted by molar-refractivity contribution is 5.79. The lowest BCUT2D eigenvalue weighted by Gasteiger charge is -2.33. The predicted molar refractivity (Wildman–Crippen MR) is 114 cm³/mol. The van der Waals surface area contributed by atoms with Crippen LogP contribution in [0.1, 0.15) is 43.6 Å². The van der Waals surface area contributed by atoms with Gasteiger partial charge in [-0.3, -0.25) is 4.79 Å². The van der Waals surface area contributed by atoms with E-state index in [4.69, 9.17) is 9.26 Å². The first kappa shape index (κ1) is 20.1. The van der Waals surface area contributed by atoms with E-state index in [2.05, 4.69) is 10.1 Å². The average molecular weight is 405 g/mol. The van der Waals surface area contributed by atoms with Gasteiger partial charge in [0.1, 0.15) is 12.3 Å². The highest BCUT2D eigenvalue weighted by atomic mass is 16.5. The lowest BCUT2D eigenvalue weighted by Crippen LogP contribution is -2.41. The molecule has 0 unspecified atom stereocenters. The largest absolute Gasteiger partial charge is 0.497 e. The molecule has 0 bridgehead atoms. The zero-order chi connectivity index (χ0) is 20.8. The number of amides is 1. The molecular weight excluding hydrogens is 378 g/mol. The number of hydrogen-bond donors (Lipinski definition) is 0. The van der Waals surface area contributed by atoms with Gasteiger partial charge in [-0.05, 0) is 30.5 Å². The number of rotatable bonds is 7. The number of ether oxygens (including phenoxy) is 1. The molecule has 0 N–H and O–H groups in total. The number of carbonyl (C=O) groups is 1. The fraction of sp³-hybridized carbons (Fsp3) is 0.375. The third-order valence-corrected chi connectivity index (χ3v) is 5.66. The molecule has 1 fully saturated rings. The molecular formula is C24H27N3O3. The molecule has 4 rings (SSSR count). The van der Waals surface area contributed by atoms with Crippen molar-refractivity contribution in [2.45, 2.75) is 51.1 Å². The quantitative estimate of drug-likeness (QED) is 0.572. The Morgan fingerprint density at radius 1 is 1.07 bits per heavy atom. The lowest BCUT2D eigenvalue weighted by atomic mass is 9.93. The van der Waals surface area contributed by atoms with Crippen LogP contribution in [0.4, 0.5) is 0 Å². The van der Waals surface area contributed by atoms with Crippen molar-refractivity contribution < 1.29 is 14.1 Å². The Hall–Kier alpha value is -3.15. The third-order valence-electron chi connectivity index (χ3n) is 5.66. The Labute approximate surface area is 176 Å². The first-order chi connectivity index (χ1) is 14.7. The van der Waals surface area contributed by atoms with E-state index in [1.54, 1.807) is 7.11 Å². The summed E-state index contributed by atoms with van der Waals surface area (Å²) in [7, 11) is 1.64. The summed E-state index contributed by atoms with van der Waals surface area (Å²) < 4.78 is 10.7. The Morgan fingerprint density at radius 2 is 1.80 bits per heavy atom. The molecule has 0 saturated heterocycles. The molecule has 1 amide bonds. The Bertz CT molecular complexity index is 947. The molecule has 0 aliphatic heterocycles. The van der Waals surface area contributed by atoms with Gasteiger partial charge in [-0.15, -0.1) is 0 Å². The first-order valence-electron chi connectivity index (χ1n) is 10.5. The van der Waals surface area contributed by atoms with Gasteiger partial charge in [0.2, 0.25) is 17.6 Å². The molecule has 1 aliphatic carbocycles. The molecule has 6 heteroatoms. The summed E-state index contributed by atoms with van der Waals surface area (Å²) in [5, 5.41) is 4.11. The Morgan fingerprint density at radius 3 is 2.50 bits per heavy atom. The van der Waals surface area contributed by atoms with E-state index in [0.29, 0.717) is 24.7 Å². The van der Waals surface area contributed by atoms with Gasteiger partial charge >= 0.3 is 0 Å². The number of aromatic nitrogens is 2. The molecule has 156 valence electrons. The fourth-order valence-corrected chi connectivity index (χ4v) is 4.00. The normalized spacial score (nSPS) is 14.4. The molecule has 30 heavy (non-hydrogen) atoms. The summed E-state index contributed by atoms with van der Waals surface area (Å²) in [6, 6.07) is 17.6. The van der Waals surface area contributed by atoms with Crippen molar-refractivity contribution in [1.29, 1.82) is 0 Å². The van der Waals surface area contributed by atoms with Crippen LogP contribution in [0.25, 0.3) is 11.4 Å². The highest BCUT2D eigenvalue weighted by Gasteiger charge is 2.27. The van der Waals surface area contributed by atoms with Crippen molar-refractivity contribution >= 4 is 5.91 Å². The second-order valence-corrected chi connectivity index (χ2v) is 7.72. The zero-order valence-electron chi connectivity index (χ0n) is 17.3. The maximum atomic E-state index is 13.3. The number of benzene rings is 2. The summed E-state index contributed by atoms with van der Waals surface area (Å²) >= 11 is 0. The van der Waals surface area contributed by atoms with E-state index >= 15 is 0 Å². The van der Waals surface area contributed by atoms with E-state index < -0.39 is 0 Å².